The Labute approximate surface area is 96.8 Å². The summed E-state index contributed by atoms with van der Waals surface area (Å²) in [6.07, 6.45) is 4.82. The van der Waals surface area contributed by atoms with Gasteiger partial charge in [0.25, 0.3) is 0 Å². The van der Waals surface area contributed by atoms with Crippen LogP contribution in [0.2, 0.25) is 0 Å². The number of aliphatic hydroxyl groups excluding tert-OH is 1. The number of aliphatic hydroxyl groups is 1. The van der Waals surface area contributed by atoms with E-state index < -0.39 is 0 Å². The van der Waals surface area contributed by atoms with Gasteiger partial charge in [0.2, 0.25) is 5.91 Å². The van der Waals surface area contributed by atoms with E-state index in [0.717, 1.165) is 32.4 Å². The van der Waals surface area contributed by atoms with Gasteiger partial charge in [-0.25, -0.2) is 0 Å². The van der Waals surface area contributed by atoms with Crippen LogP contribution >= 0.6 is 0 Å². The predicted octanol–water partition coefficient (Wildman–Crippen LogP) is 0.263. The van der Waals surface area contributed by atoms with Gasteiger partial charge in [0, 0.05) is 13.0 Å². The highest BCUT2D eigenvalue weighted by atomic mass is 16.3. The zero-order chi connectivity index (χ0) is 11.4. The number of hydrogen-bond acceptors (Lipinski definition) is 3. The highest BCUT2D eigenvalue weighted by Gasteiger charge is 2.29. The molecule has 0 aromatic heterocycles. The number of nitrogens with one attached hydrogen (secondary N) is 2. The van der Waals surface area contributed by atoms with E-state index >= 15 is 0 Å². The van der Waals surface area contributed by atoms with Crippen LogP contribution in [0.3, 0.4) is 0 Å². The topological polar surface area (TPSA) is 61.4 Å². The molecule has 1 saturated heterocycles. The van der Waals surface area contributed by atoms with Gasteiger partial charge in [-0.1, -0.05) is 0 Å². The van der Waals surface area contributed by atoms with Crippen molar-refractivity contribution in [2.45, 2.75) is 38.2 Å². The molecule has 0 aromatic rings. The molecule has 16 heavy (non-hydrogen) atoms. The number of carbonyl (C=O) groups is 1. The monoisotopic (exact) mass is 226 g/mol. The lowest BCUT2D eigenvalue weighted by molar-refractivity contribution is -0.122. The summed E-state index contributed by atoms with van der Waals surface area (Å²) in [4.78, 5) is 11.6. The van der Waals surface area contributed by atoms with Gasteiger partial charge in [-0.2, -0.15) is 0 Å². The largest absolute Gasteiger partial charge is 0.391 e. The molecule has 92 valence electrons. The molecule has 4 nitrogen and oxygen atoms in total. The smallest absolute Gasteiger partial charge is 0.220 e. The third kappa shape index (κ3) is 3.76. The second-order valence-electron chi connectivity index (χ2n) is 5.13. The first kappa shape index (κ1) is 11.9. The van der Waals surface area contributed by atoms with Crippen LogP contribution < -0.4 is 10.6 Å². The molecular weight excluding hydrogens is 204 g/mol. The molecule has 1 heterocycles. The fraction of sp³-hybridized carbons (Fsp3) is 0.917. The number of rotatable bonds is 5. The van der Waals surface area contributed by atoms with Gasteiger partial charge in [0.1, 0.15) is 0 Å². The summed E-state index contributed by atoms with van der Waals surface area (Å²) in [7, 11) is 0. The van der Waals surface area contributed by atoms with E-state index in [2.05, 4.69) is 10.6 Å². The molecule has 0 bridgehead atoms. The summed E-state index contributed by atoms with van der Waals surface area (Å²) in [5, 5.41) is 15.8. The van der Waals surface area contributed by atoms with E-state index in [0.29, 0.717) is 24.8 Å². The second kappa shape index (κ2) is 5.64. The van der Waals surface area contributed by atoms with Crippen molar-refractivity contribution < 1.29 is 9.90 Å². The Kier molecular flexibility index (Phi) is 4.18. The molecule has 1 aliphatic heterocycles. The molecule has 2 atom stereocenters. The third-order valence-corrected chi connectivity index (χ3v) is 3.55. The summed E-state index contributed by atoms with van der Waals surface area (Å²) in [6, 6.07) is 0. The first-order valence-electron chi connectivity index (χ1n) is 6.41. The van der Waals surface area contributed by atoms with Crippen molar-refractivity contribution in [2.24, 2.45) is 11.8 Å². The van der Waals surface area contributed by atoms with Crippen molar-refractivity contribution in [3.63, 3.8) is 0 Å². The minimum Gasteiger partial charge on any atom is -0.391 e. The average Bonchev–Trinajstić information content (AvgIpc) is 3.11. The molecular formula is C12H22N2O2. The highest BCUT2D eigenvalue weighted by Crippen LogP contribution is 2.32. The summed E-state index contributed by atoms with van der Waals surface area (Å²) < 4.78 is 0. The summed E-state index contributed by atoms with van der Waals surface area (Å²) >= 11 is 0. The van der Waals surface area contributed by atoms with Crippen molar-refractivity contribution in [1.82, 2.24) is 10.6 Å². The summed E-state index contributed by atoms with van der Waals surface area (Å²) in [5.74, 6) is 1.01. The third-order valence-electron chi connectivity index (χ3n) is 3.55. The lowest BCUT2D eigenvalue weighted by Crippen LogP contribution is -2.37. The molecule has 4 heteroatoms. The maximum Gasteiger partial charge on any atom is 0.220 e. The lowest BCUT2D eigenvalue weighted by Gasteiger charge is -2.22. The van der Waals surface area contributed by atoms with Crippen LogP contribution in [0.25, 0.3) is 0 Å². The Morgan fingerprint density at radius 2 is 2.25 bits per heavy atom. The molecule has 1 saturated carbocycles. The van der Waals surface area contributed by atoms with Crippen LogP contribution in [0.4, 0.5) is 0 Å². The van der Waals surface area contributed by atoms with Crippen LogP contribution in [-0.2, 0) is 4.79 Å². The standard InChI is InChI=1S/C12H22N2O2/c15-11(10-3-4-10)8-14-12(16)6-9-2-1-5-13-7-9/h9-11,13,15H,1-8H2,(H,14,16). The Morgan fingerprint density at radius 1 is 1.44 bits per heavy atom. The zero-order valence-corrected chi connectivity index (χ0v) is 9.74. The second-order valence-corrected chi connectivity index (χ2v) is 5.13. The summed E-state index contributed by atoms with van der Waals surface area (Å²) in [5.41, 5.74) is 0. The van der Waals surface area contributed by atoms with Crippen molar-refractivity contribution in [1.29, 1.82) is 0 Å². The van der Waals surface area contributed by atoms with Crippen molar-refractivity contribution in [3.8, 4) is 0 Å². The first-order valence-corrected chi connectivity index (χ1v) is 6.41. The van der Waals surface area contributed by atoms with Gasteiger partial charge in [-0.05, 0) is 50.6 Å². The molecule has 0 aromatic carbocycles. The zero-order valence-electron chi connectivity index (χ0n) is 9.74. The van der Waals surface area contributed by atoms with Crippen molar-refractivity contribution in [2.75, 3.05) is 19.6 Å². The molecule has 3 N–H and O–H groups in total. The van der Waals surface area contributed by atoms with Crippen LogP contribution in [0.1, 0.15) is 32.1 Å². The highest BCUT2D eigenvalue weighted by molar-refractivity contribution is 5.76. The minimum atomic E-state index is -0.326. The van der Waals surface area contributed by atoms with Gasteiger partial charge in [-0.3, -0.25) is 4.79 Å². The predicted molar refractivity (Wildman–Crippen MR) is 62.0 cm³/mol. The Bertz CT molecular complexity index is 235. The molecule has 0 radical (unpaired) electrons. The maximum absolute atomic E-state index is 11.6. The van der Waals surface area contributed by atoms with Gasteiger partial charge < -0.3 is 15.7 Å². The minimum absolute atomic E-state index is 0.0911. The normalized spacial score (nSPS) is 27.4. The molecule has 2 rings (SSSR count). The number of piperidine rings is 1. The SMILES string of the molecule is O=C(CC1CCCNC1)NCC(O)C1CC1. The van der Waals surface area contributed by atoms with Crippen LogP contribution in [0.15, 0.2) is 0 Å². The van der Waals surface area contributed by atoms with Crippen LogP contribution in [0.5, 0.6) is 0 Å². The number of amides is 1. The molecule has 0 spiro atoms. The first-order chi connectivity index (χ1) is 7.75. The fourth-order valence-electron chi connectivity index (χ4n) is 2.30. The number of hydrogen-bond donors (Lipinski definition) is 3. The van der Waals surface area contributed by atoms with Crippen molar-refractivity contribution in [3.05, 3.63) is 0 Å². The Morgan fingerprint density at radius 3 is 2.88 bits per heavy atom. The fourth-order valence-corrected chi connectivity index (χ4v) is 2.30. The molecule has 2 fully saturated rings. The molecule has 2 aliphatic rings. The van der Waals surface area contributed by atoms with E-state index in [1.807, 2.05) is 0 Å². The summed E-state index contributed by atoms with van der Waals surface area (Å²) in [6.45, 7) is 2.47. The van der Waals surface area contributed by atoms with Crippen LogP contribution in [-0.4, -0.2) is 36.8 Å². The Balaban J connectivity index is 1.59. The van der Waals surface area contributed by atoms with Gasteiger partial charge in [-0.15, -0.1) is 0 Å². The van der Waals surface area contributed by atoms with E-state index in [1.54, 1.807) is 0 Å². The van der Waals surface area contributed by atoms with E-state index in [4.69, 9.17) is 0 Å². The quantitative estimate of drug-likeness (QED) is 0.630. The van der Waals surface area contributed by atoms with Gasteiger partial charge >= 0.3 is 0 Å². The van der Waals surface area contributed by atoms with Crippen molar-refractivity contribution >= 4 is 5.91 Å². The number of carbonyl (C=O) groups excluding carboxylic acids is 1. The Hall–Kier alpha value is -0.610. The van der Waals surface area contributed by atoms with Crippen LogP contribution in [0, 0.1) is 11.8 Å². The van der Waals surface area contributed by atoms with Gasteiger partial charge in [0.05, 0.1) is 6.10 Å². The average molecular weight is 226 g/mol. The molecule has 1 amide bonds. The van der Waals surface area contributed by atoms with E-state index in [-0.39, 0.29) is 12.0 Å². The van der Waals surface area contributed by atoms with E-state index in [9.17, 15) is 9.90 Å². The van der Waals surface area contributed by atoms with Gasteiger partial charge in [0.15, 0.2) is 0 Å². The molecule has 1 aliphatic carbocycles. The maximum atomic E-state index is 11.6. The molecule has 2 unspecified atom stereocenters. The van der Waals surface area contributed by atoms with E-state index in [1.165, 1.54) is 6.42 Å². The lowest BCUT2D eigenvalue weighted by atomic mass is 9.96.